The molecule has 5 rings (SSSR count). The molecule has 6 heteroatoms. The fourth-order valence-corrected chi connectivity index (χ4v) is 3.08. The van der Waals surface area contributed by atoms with E-state index in [4.69, 9.17) is 16.1 Å². The molecule has 0 spiro atoms. The second-order valence-corrected chi connectivity index (χ2v) is 6.29. The van der Waals surface area contributed by atoms with Crippen LogP contribution in [0.4, 0.5) is 0 Å². The van der Waals surface area contributed by atoms with Gasteiger partial charge in [-0.3, -0.25) is 0 Å². The van der Waals surface area contributed by atoms with E-state index in [2.05, 4.69) is 25.9 Å². The number of hydrogen-bond donors (Lipinski definition) is 0. The smallest absolute Gasteiger partial charge is 0.145 e. The Kier molecular flexibility index (Phi) is 2.28. The van der Waals surface area contributed by atoms with Crippen LogP contribution in [0.1, 0.15) is 43.4 Å². The van der Waals surface area contributed by atoms with Crippen molar-refractivity contribution in [3.8, 4) is 11.3 Å². The van der Waals surface area contributed by atoms with Crippen molar-refractivity contribution in [1.82, 2.24) is 19.7 Å². The Labute approximate surface area is 125 Å². The second kappa shape index (κ2) is 4.07. The van der Waals surface area contributed by atoms with E-state index in [1.807, 2.05) is 6.07 Å². The first-order chi connectivity index (χ1) is 10.3. The summed E-state index contributed by atoms with van der Waals surface area (Å²) in [5.74, 6) is 1.53. The number of rotatable bonds is 3. The normalized spacial score (nSPS) is 18.5. The largest absolute Gasteiger partial charge is 0.360 e. The molecule has 2 fully saturated rings. The fraction of sp³-hybridized carbons (Fsp3) is 0.400. The Hall–Kier alpha value is -1.88. The van der Waals surface area contributed by atoms with Gasteiger partial charge in [0.1, 0.15) is 28.6 Å². The van der Waals surface area contributed by atoms with E-state index in [1.54, 1.807) is 0 Å². The van der Waals surface area contributed by atoms with Crippen molar-refractivity contribution in [2.24, 2.45) is 0 Å². The molecule has 0 aliphatic heterocycles. The Bertz CT molecular complexity index is 845. The lowest BCUT2D eigenvalue weighted by Gasteiger charge is -1.99. The van der Waals surface area contributed by atoms with Gasteiger partial charge in [0.05, 0.1) is 5.39 Å². The number of hydrogen-bond acceptors (Lipinski definition) is 4. The van der Waals surface area contributed by atoms with Gasteiger partial charge in [-0.05, 0) is 25.7 Å². The van der Waals surface area contributed by atoms with Crippen molar-refractivity contribution in [3.63, 3.8) is 0 Å². The van der Waals surface area contributed by atoms with Crippen LogP contribution in [0.15, 0.2) is 23.1 Å². The van der Waals surface area contributed by atoms with Gasteiger partial charge in [-0.1, -0.05) is 16.8 Å². The van der Waals surface area contributed by atoms with Gasteiger partial charge in [0.2, 0.25) is 0 Å². The highest BCUT2D eigenvalue weighted by Crippen LogP contribution is 2.44. The van der Waals surface area contributed by atoms with E-state index in [9.17, 15) is 0 Å². The molecule has 2 saturated carbocycles. The van der Waals surface area contributed by atoms with Crippen LogP contribution in [0.2, 0.25) is 5.15 Å². The van der Waals surface area contributed by atoms with Crippen LogP contribution >= 0.6 is 11.6 Å². The molecule has 106 valence electrons. The van der Waals surface area contributed by atoms with Crippen molar-refractivity contribution < 1.29 is 4.52 Å². The zero-order chi connectivity index (χ0) is 14.0. The Morgan fingerprint density at radius 3 is 2.81 bits per heavy atom. The summed E-state index contributed by atoms with van der Waals surface area (Å²) in [4.78, 5) is 8.54. The Balaban J connectivity index is 1.73. The first-order valence-electron chi connectivity index (χ1n) is 7.29. The van der Waals surface area contributed by atoms with Gasteiger partial charge in [-0.25, -0.2) is 9.97 Å². The molecule has 3 aromatic heterocycles. The van der Waals surface area contributed by atoms with Crippen molar-refractivity contribution in [3.05, 3.63) is 29.5 Å². The third-order valence-electron chi connectivity index (χ3n) is 4.29. The molecule has 0 aromatic carbocycles. The molecule has 21 heavy (non-hydrogen) atoms. The van der Waals surface area contributed by atoms with Crippen molar-refractivity contribution in [2.45, 2.75) is 37.6 Å². The average Bonchev–Trinajstić information content (AvgIpc) is 3.41. The lowest BCUT2D eigenvalue weighted by molar-refractivity contribution is 0.386. The van der Waals surface area contributed by atoms with Gasteiger partial charge >= 0.3 is 0 Å². The third-order valence-corrected chi connectivity index (χ3v) is 4.57. The Morgan fingerprint density at radius 2 is 2.05 bits per heavy atom. The summed E-state index contributed by atoms with van der Waals surface area (Å²) in [5.41, 5.74) is 2.69. The van der Waals surface area contributed by atoms with Crippen LogP contribution in [0.3, 0.4) is 0 Å². The van der Waals surface area contributed by atoms with Crippen molar-refractivity contribution >= 4 is 22.6 Å². The predicted octanol–water partition coefficient (Wildman–Crippen LogP) is 3.95. The minimum absolute atomic E-state index is 0.477. The topological polar surface area (TPSA) is 56.7 Å². The zero-order valence-corrected chi connectivity index (χ0v) is 12.0. The lowest BCUT2D eigenvalue weighted by Crippen LogP contribution is -1.93. The Morgan fingerprint density at radius 1 is 1.19 bits per heavy atom. The molecule has 0 amide bonds. The summed E-state index contributed by atoms with van der Waals surface area (Å²) in [7, 11) is 0. The number of aromatic nitrogens is 4. The van der Waals surface area contributed by atoms with Gasteiger partial charge in [0.15, 0.2) is 0 Å². The monoisotopic (exact) mass is 300 g/mol. The summed E-state index contributed by atoms with van der Waals surface area (Å²) < 4.78 is 7.67. The maximum Gasteiger partial charge on any atom is 0.145 e. The average molecular weight is 301 g/mol. The minimum atomic E-state index is 0.477. The SMILES string of the molecule is Clc1ncnc2c1c(-c1cc(C3CC3)on1)cn2C1CC1. The molecular formula is C15H13ClN4O. The summed E-state index contributed by atoms with van der Waals surface area (Å²) in [6, 6.07) is 2.56. The van der Waals surface area contributed by atoms with E-state index in [-0.39, 0.29) is 0 Å². The summed E-state index contributed by atoms with van der Waals surface area (Å²) >= 11 is 6.31. The van der Waals surface area contributed by atoms with Crippen LogP contribution in [0.5, 0.6) is 0 Å². The van der Waals surface area contributed by atoms with E-state index >= 15 is 0 Å². The van der Waals surface area contributed by atoms with Crippen LogP contribution < -0.4 is 0 Å². The molecule has 3 heterocycles. The first kappa shape index (κ1) is 11.7. The van der Waals surface area contributed by atoms with Crippen LogP contribution in [0.25, 0.3) is 22.3 Å². The molecule has 0 saturated heterocycles. The second-order valence-electron chi connectivity index (χ2n) is 5.93. The van der Waals surface area contributed by atoms with Gasteiger partial charge in [-0.2, -0.15) is 0 Å². The molecule has 0 bridgehead atoms. The molecule has 3 aromatic rings. The third kappa shape index (κ3) is 1.80. The molecule has 0 unspecified atom stereocenters. The standard InChI is InChI=1S/C15H13ClN4O/c16-14-13-10(11-5-12(21-19-11)8-1-2-8)6-20(9-3-4-9)15(13)18-7-17-14/h5-9H,1-4H2. The van der Waals surface area contributed by atoms with Gasteiger partial charge in [-0.15, -0.1) is 0 Å². The molecule has 0 radical (unpaired) electrons. The minimum Gasteiger partial charge on any atom is -0.360 e. The highest BCUT2D eigenvalue weighted by Gasteiger charge is 2.31. The molecule has 0 atom stereocenters. The first-order valence-corrected chi connectivity index (χ1v) is 7.67. The number of halogens is 1. The highest BCUT2D eigenvalue weighted by atomic mass is 35.5. The van der Waals surface area contributed by atoms with E-state index in [0.717, 1.165) is 28.1 Å². The van der Waals surface area contributed by atoms with Gasteiger partial charge < -0.3 is 9.09 Å². The maximum absolute atomic E-state index is 6.31. The fourth-order valence-electron chi connectivity index (χ4n) is 2.85. The van der Waals surface area contributed by atoms with Crippen molar-refractivity contribution in [1.29, 1.82) is 0 Å². The summed E-state index contributed by atoms with van der Waals surface area (Å²) in [5, 5.41) is 5.58. The lowest BCUT2D eigenvalue weighted by atomic mass is 10.1. The molecular weight excluding hydrogens is 288 g/mol. The van der Waals surface area contributed by atoms with E-state index in [1.165, 1.54) is 32.0 Å². The van der Waals surface area contributed by atoms with Crippen LogP contribution in [-0.2, 0) is 0 Å². The van der Waals surface area contributed by atoms with E-state index < -0.39 is 0 Å². The quantitative estimate of drug-likeness (QED) is 0.687. The zero-order valence-electron chi connectivity index (χ0n) is 11.3. The molecule has 2 aliphatic carbocycles. The predicted molar refractivity (Wildman–Crippen MR) is 78.3 cm³/mol. The highest BCUT2D eigenvalue weighted by molar-refractivity contribution is 6.35. The van der Waals surface area contributed by atoms with Gasteiger partial charge in [0, 0.05) is 29.8 Å². The summed E-state index contributed by atoms with van der Waals surface area (Å²) in [6.45, 7) is 0. The van der Waals surface area contributed by atoms with E-state index in [0.29, 0.717) is 17.1 Å². The van der Waals surface area contributed by atoms with Crippen LogP contribution in [0, 0.1) is 0 Å². The summed E-state index contributed by atoms with van der Waals surface area (Å²) in [6.07, 6.45) is 8.39. The number of fused-ring (bicyclic) bond motifs is 1. The molecule has 0 N–H and O–H groups in total. The van der Waals surface area contributed by atoms with Crippen LogP contribution in [-0.4, -0.2) is 19.7 Å². The van der Waals surface area contributed by atoms with Gasteiger partial charge in [0.25, 0.3) is 0 Å². The van der Waals surface area contributed by atoms with Crippen molar-refractivity contribution in [2.75, 3.05) is 0 Å². The maximum atomic E-state index is 6.31. The molecule has 2 aliphatic rings. The molecule has 5 nitrogen and oxygen atoms in total. The number of nitrogens with zero attached hydrogens (tertiary/aromatic N) is 4.